The Kier molecular flexibility index (Phi) is 10.9. The molecule has 228 valence electrons. The first-order valence-electron chi connectivity index (χ1n) is 12.9. The Morgan fingerprint density at radius 3 is 2.26 bits per heavy atom. The van der Waals surface area contributed by atoms with Crippen LogP contribution in [0.4, 0.5) is 4.79 Å². The molecule has 4 rings (SSSR count). The van der Waals surface area contributed by atoms with Crippen LogP contribution in [0.3, 0.4) is 0 Å². The minimum atomic E-state index is -1.09. The monoisotopic (exact) mass is 613 g/mol. The lowest BCUT2D eigenvalue weighted by molar-refractivity contribution is -0.138. The summed E-state index contributed by atoms with van der Waals surface area (Å²) in [5.41, 5.74) is 8.59. The first-order chi connectivity index (χ1) is 20.1. The largest absolute Gasteiger partial charge is 0.513 e. The molecule has 0 aliphatic carbocycles. The molecule has 12 nitrogen and oxygen atoms in total. The van der Waals surface area contributed by atoms with Gasteiger partial charge < -0.3 is 39.5 Å². The Hall–Kier alpha value is -4.81. The molecule has 0 spiro atoms. The molecule has 1 unspecified atom stereocenters. The van der Waals surface area contributed by atoms with Crippen LogP contribution in [-0.4, -0.2) is 60.7 Å². The Morgan fingerprint density at radius 2 is 1.65 bits per heavy atom. The molecule has 0 aliphatic rings. The number of aryl methyl sites for hydroxylation is 2. The third-order valence-corrected chi connectivity index (χ3v) is 6.38. The predicted molar refractivity (Wildman–Crippen MR) is 161 cm³/mol. The van der Waals surface area contributed by atoms with Crippen LogP contribution in [-0.2, 0) is 16.0 Å². The summed E-state index contributed by atoms with van der Waals surface area (Å²) in [7, 11) is 3.00. The van der Waals surface area contributed by atoms with Gasteiger partial charge in [-0.3, -0.25) is 9.59 Å². The molecule has 1 aromatic heterocycles. The normalized spacial score (nSPS) is 11.3. The smallest absolute Gasteiger partial charge is 0.497 e. The number of benzene rings is 3. The van der Waals surface area contributed by atoms with E-state index in [2.05, 4.69) is 9.97 Å². The third-order valence-electron chi connectivity index (χ3n) is 6.38. The number of fused-ring (bicyclic) bond motifs is 1. The number of carboxylic acids is 1. The maximum Gasteiger partial charge on any atom is 0.513 e. The van der Waals surface area contributed by atoms with Crippen LogP contribution in [0, 0.1) is 13.8 Å². The Morgan fingerprint density at radius 1 is 0.977 bits per heavy atom. The molecule has 0 radical (unpaired) electrons. The van der Waals surface area contributed by atoms with E-state index in [4.69, 9.17) is 34.5 Å². The number of nitrogens with one attached hydrogen (secondary N) is 1. The van der Waals surface area contributed by atoms with Crippen LogP contribution in [0.5, 0.6) is 23.0 Å². The van der Waals surface area contributed by atoms with Gasteiger partial charge in [-0.25, -0.2) is 9.78 Å². The molecule has 1 heterocycles. The van der Waals surface area contributed by atoms with E-state index in [0.29, 0.717) is 45.1 Å². The second-order valence-corrected chi connectivity index (χ2v) is 9.42. The number of H-pyrrole nitrogens is 1. The molecule has 43 heavy (non-hydrogen) atoms. The fourth-order valence-corrected chi connectivity index (χ4v) is 4.37. The summed E-state index contributed by atoms with van der Waals surface area (Å²) in [6, 6.07) is 12.3. The third kappa shape index (κ3) is 7.93. The lowest BCUT2D eigenvalue weighted by Gasteiger charge is -2.15. The Labute approximate surface area is 253 Å². The van der Waals surface area contributed by atoms with E-state index >= 15 is 0 Å². The fourth-order valence-electron chi connectivity index (χ4n) is 4.37. The number of nitrogens with two attached hydrogens (primary N) is 1. The van der Waals surface area contributed by atoms with E-state index in [1.165, 1.54) is 26.4 Å². The van der Waals surface area contributed by atoms with Crippen molar-refractivity contribution in [1.29, 1.82) is 0 Å². The molecule has 0 saturated heterocycles. The summed E-state index contributed by atoms with van der Waals surface area (Å²) >= 11 is 0. The highest BCUT2D eigenvalue weighted by molar-refractivity contribution is 5.87. The van der Waals surface area contributed by atoms with Crippen LogP contribution in [0.2, 0.25) is 0 Å². The zero-order chi connectivity index (χ0) is 30.4. The Bertz CT molecular complexity index is 1650. The number of hydrogen-bond donors (Lipinski definition) is 3. The SMILES string of the molecule is COc1cc(OC)c2c(=O)[nH]c(-c3cc(C)c(OCCOC(=O)Oc4ccc(CC(N)C(=O)O)cc4)c(C)c3)nc2c1.Cl. The number of carbonyl (C=O) groups is 2. The Balaban J connectivity index is 0.00000506. The standard InChI is InChI=1S/C30H31N3O9.ClH/c1-16-11-19(27-32-23-14-21(38-3)15-24(39-4)25(23)28(34)33-27)12-17(2)26(16)40-9-10-41-30(37)42-20-7-5-18(6-8-20)13-22(31)29(35)36;/h5-8,11-12,14-15,22H,9-10,13,31H2,1-4H3,(H,35,36)(H,32,33,34);1H. The minimum absolute atomic E-state index is 0. The van der Waals surface area contributed by atoms with Gasteiger partial charge in [0.05, 0.1) is 19.7 Å². The van der Waals surface area contributed by atoms with Crippen molar-refractivity contribution in [3.8, 4) is 34.4 Å². The number of aromatic nitrogens is 2. The second kappa shape index (κ2) is 14.4. The molecule has 4 aromatic rings. The number of methoxy groups -OCH3 is 2. The van der Waals surface area contributed by atoms with Gasteiger partial charge >= 0.3 is 12.1 Å². The summed E-state index contributed by atoms with van der Waals surface area (Å²) in [6.07, 6.45) is -0.754. The molecule has 1 atom stereocenters. The molecule has 13 heteroatoms. The first-order valence-corrected chi connectivity index (χ1v) is 12.9. The van der Waals surface area contributed by atoms with Crippen LogP contribution in [0.25, 0.3) is 22.3 Å². The van der Waals surface area contributed by atoms with E-state index in [0.717, 1.165) is 11.1 Å². The van der Waals surface area contributed by atoms with Gasteiger partial charge in [-0.15, -0.1) is 12.4 Å². The van der Waals surface area contributed by atoms with E-state index < -0.39 is 18.2 Å². The number of aliphatic carboxylic acids is 1. The average molecular weight is 614 g/mol. The van der Waals surface area contributed by atoms with E-state index in [9.17, 15) is 14.4 Å². The van der Waals surface area contributed by atoms with Gasteiger partial charge in [-0.05, 0) is 61.2 Å². The van der Waals surface area contributed by atoms with E-state index in [1.54, 1.807) is 24.3 Å². The zero-order valence-electron chi connectivity index (χ0n) is 24.0. The summed E-state index contributed by atoms with van der Waals surface area (Å²) in [5, 5.41) is 9.24. The number of carbonyl (C=O) groups excluding carboxylic acids is 1. The average Bonchev–Trinajstić information content (AvgIpc) is 2.96. The van der Waals surface area contributed by atoms with Gasteiger partial charge in [-0.1, -0.05) is 12.1 Å². The second-order valence-electron chi connectivity index (χ2n) is 9.42. The van der Waals surface area contributed by atoms with E-state index in [1.807, 2.05) is 26.0 Å². The lowest BCUT2D eigenvalue weighted by Crippen LogP contribution is -2.32. The van der Waals surface area contributed by atoms with Gasteiger partial charge in [0.15, 0.2) is 0 Å². The molecule has 0 amide bonds. The molecule has 3 aromatic carbocycles. The number of ether oxygens (including phenoxy) is 5. The van der Waals surface area contributed by atoms with Crippen molar-refractivity contribution in [3.05, 3.63) is 75.6 Å². The number of carboxylic acid groups (broad SMARTS) is 1. The van der Waals surface area contributed by atoms with Crippen molar-refractivity contribution in [1.82, 2.24) is 9.97 Å². The van der Waals surface area contributed by atoms with Crippen LogP contribution in [0.1, 0.15) is 16.7 Å². The molecular weight excluding hydrogens is 582 g/mol. The van der Waals surface area contributed by atoms with Gasteiger partial charge in [0.2, 0.25) is 0 Å². The van der Waals surface area contributed by atoms with Crippen molar-refractivity contribution in [3.63, 3.8) is 0 Å². The van der Waals surface area contributed by atoms with Crippen LogP contribution >= 0.6 is 12.4 Å². The summed E-state index contributed by atoms with van der Waals surface area (Å²) in [4.78, 5) is 43.3. The van der Waals surface area contributed by atoms with Gasteiger partial charge in [0.1, 0.15) is 53.5 Å². The van der Waals surface area contributed by atoms with Crippen molar-refractivity contribution >= 4 is 35.4 Å². The highest BCUT2D eigenvalue weighted by Gasteiger charge is 2.16. The number of rotatable bonds is 11. The fraction of sp³-hybridized carbons (Fsp3) is 0.267. The van der Waals surface area contributed by atoms with Crippen LogP contribution < -0.4 is 30.2 Å². The van der Waals surface area contributed by atoms with E-state index in [-0.39, 0.29) is 43.4 Å². The van der Waals surface area contributed by atoms with Crippen molar-refractivity contribution in [2.75, 3.05) is 27.4 Å². The predicted octanol–water partition coefficient (Wildman–Crippen LogP) is 4.19. The lowest BCUT2D eigenvalue weighted by atomic mass is 10.0. The zero-order valence-corrected chi connectivity index (χ0v) is 24.8. The number of hydrogen-bond acceptors (Lipinski definition) is 10. The van der Waals surface area contributed by atoms with Crippen molar-refractivity contribution in [2.24, 2.45) is 5.73 Å². The van der Waals surface area contributed by atoms with Crippen molar-refractivity contribution < 1.29 is 38.4 Å². The maximum atomic E-state index is 12.9. The summed E-state index contributed by atoms with van der Waals surface area (Å²) in [6.45, 7) is 3.74. The molecule has 0 saturated carbocycles. The van der Waals surface area contributed by atoms with Gasteiger partial charge in [0.25, 0.3) is 5.56 Å². The summed E-state index contributed by atoms with van der Waals surface area (Å²) in [5.74, 6) is 1.02. The highest BCUT2D eigenvalue weighted by atomic mass is 35.5. The highest BCUT2D eigenvalue weighted by Crippen LogP contribution is 2.31. The maximum absolute atomic E-state index is 12.9. The van der Waals surface area contributed by atoms with Crippen LogP contribution in [0.15, 0.2) is 53.3 Å². The molecule has 0 aliphatic heterocycles. The molecular formula is C30H32ClN3O9. The molecule has 0 bridgehead atoms. The van der Waals surface area contributed by atoms with Gasteiger partial charge in [-0.2, -0.15) is 0 Å². The number of nitrogens with zero attached hydrogens (tertiary/aromatic N) is 1. The number of halogens is 1. The number of aromatic amines is 1. The topological polar surface area (TPSA) is 172 Å². The first kappa shape index (κ1) is 32.7. The molecule has 4 N–H and O–H groups in total. The van der Waals surface area contributed by atoms with Crippen molar-refractivity contribution in [2.45, 2.75) is 26.3 Å². The molecule has 0 fully saturated rings. The van der Waals surface area contributed by atoms with Gasteiger partial charge in [0, 0.05) is 17.7 Å². The minimum Gasteiger partial charge on any atom is -0.497 e. The quantitative estimate of drug-likeness (QED) is 0.126. The summed E-state index contributed by atoms with van der Waals surface area (Å²) < 4.78 is 26.8.